The van der Waals surface area contributed by atoms with Crippen LogP contribution in [-0.4, -0.2) is 37.1 Å². The third-order valence-electron chi connectivity index (χ3n) is 5.80. The summed E-state index contributed by atoms with van der Waals surface area (Å²) in [5.41, 5.74) is 1.21. The molecule has 0 bridgehead atoms. The predicted molar refractivity (Wildman–Crippen MR) is 121 cm³/mol. The van der Waals surface area contributed by atoms with Gasteiger partial charge in [0.05, 0.1) is 48.2 Å². The second-order valence-electron chi connectivity index (χ2n) is 7.98. The Morgan fingerprint density at radius 1 is 1.25 bits per heavy atom. The molecule has 0 spiro atoms. The normalized spacial score (nSPS) is 14.6. The molecule has 1 fully saturated rings. The Hall–Kier alpha value is -3.23. The van der Waals surface area contributed by atoms with Crippen molar-refractivity contribution in [2.75, 3.05) is 11.9 Å². The van der Waals surface area contributed by atoms with E-state index in [4.69, 9.17) is 11.6 Å². The number of hydrogen-bond donors (Lipinski definition) is 2. The summed E-state index contributed by atoms with van der Waals surface area (Å²) in [5.74, 6) is 0.180. The summed E-state index contributed by atoms with van der Waals surface area (Å²) in [6.07, 6.45) is 6.18. The van der Waals surface area contributed by atoms with Gasteiger partial charge in [-0.1, -0.05) is 29.8 Å². The second kappa shape index (κ2) is 8.37. The van der Waals surface area contributed by atoms with Crippen LogP contribution in [0.4, 0.5) is 10.2 Å². The molecule has 0 amide bonds. The van der Waals surface area contributed by atoms with E-state index < -0.39 is 5.82 Å². The van der Waals surface area contributed by atoms with E-state index in [0.29, 0.717) is 34.2 Å². The van der Waals surface area contributed by atoms with Gasteiger partial charge in [-0.05, 0) is 36.5 Å². The van der Waals surface area contributed by atoms with E-state index in [1.165, 1.54) is 23.0 Å². The topological polar surface area (TPSA) is 85.0 Å². The van der Waals surface area contributed by atoms with E-state index in [1.54, 1.807) is 16.8 Å². The molecular formula is C23H21ClFN5O2. The summed E-state index contributed by atoms with van der Waals surface area (Å²) in [5, 5.41) is 18.1. The molecular weight excluding hydrogens is 433 g/mol. The summed E-state index contributed by atoms with van der Waals surface area (Å²) in [6, 6.07) is 10.5. The molecule has 1 aliphatic carbocycles. The quantitative estimate of drug-likeness (QED) is 0.446. The molecule has 3 aromatic heterocycles. The van der Waals surface area contributed by atoms with Crippen LogP contribution in [0.25, 0.3) is 16.6 Å². The van der Waals surface area contributed by atoms with Crippen molar-refractivity contribution in [2.24, 2.45) is 5.92 Å². The number of rotatable bonds is 7. The van der Waals surface area contributed by atoms with E-state index in [2.05, 4.69) is 15.4 Å². The minimum Gasteiger partial charge on any atom is -0.394 e. The van der Waals surface area contributed by atoms with E-state index in [9.17, 15) is 14.3 Å². The van der Waals surface area contributed by atoms with Gasteiger partial charge >= 0.3 is 0 Å². The first kappa shape index (κ1) is 20.7. The van der Waals surface area contributed by atoms with Crippen LogP contribution in [0.5, 0.6) is 0 Å². The molecule has 7 nitrogen and oxygen atoms in total. The molecule has 2 N–H and O–H groups in total. The number of nitrogens with zero attached hydrogens (tertiary/aromatic N) is 4. The van der Waals surface area contributed by atoms with E-state index >= 15 is 0 Å². The third-order valence-corrected chi connectivity index (χ3v) is 6.17. The van der Waals surface area contributed by atoms with Crippen molar-refractivity contribution >= 4 is 28.3 Å². The number of aliphatic hydroxyl groups is 1. The van der Waals surface area contributed by atoms with Crippen molar-refractivity contribution in [3.05, 3.63) is 81.7 Å². The largest absolute Gasteiger partial charge is 0.394 e. The number of pyridine rings is 2. The number of anilines is 1. The summed E-state index contributed by atoms with van der Waals surface area (Å²) >= 11 is 6.25. The zero-order valence-corrected chi connectivity index (χ0v) is 17.8. The second-order valence-corrected chi connectivity index (χ2v) is 8.38. The van der Waals surface area contributed by atoms with Crippen molar-refractivity contribution in [2.45, 2.75) is 25.4 Å². The molecule has 164 valence electrons. The maximum atomic E-state index is 14.6. The van der Waals surface area contributed by atoms with Crippen molar-refractivity contribution in [3.8, 4) is 5.69 Å². The smallest absolute Gasteiger partial charge is 0.266 e. The summed E-state index contributed by atoms with van der Waals surface area (Å²) in [6.45, 7) is 0.379. The Kier molecular flexibility index (Phi) is 5.40. The van der Waals surface area contributed by atoms with E-state index in [0.717, 1.165) is 24.6 Å². The first-order valence-electron chi connectivity index (χ1n) is 10.4. The van der Waals surface area contributed by atoms with Gasteiger partial charge in [-0.2, -0.15) is 5.10 Å². The Bertz CT molecular complexity index is 1350. The molecule has 1 aromatic carbocycles. The number of hydrogen-bond acceptors (Lipinski definition) is 5. The Labute approximate surface area is 188 Å². The average molecular weight is 454 g/mol. The number of aliphatic hydroxyl groups excluding tert-OH is 1. The van der Waals surface area contributed by atoms with Gasteiger partial charge < -0.3 is 10.4 Å². The number of fused-ring (bicyclic) bond motifs is 1. The molecule has 3 heterocycles. The summed E-state index contributed by atoms with van der Waals surface area (Å²) < 4.78 is 17.6. The zero-order chi connectivity index (χ0) is 22.2. The van der Waals surface area contributed by atoms with Gasteiger partial charge in [0, 0.05) is 17.3 Å². The maximum Gasteiger partial charge on any atom is 0.266 e. The van der Waals surface area contributed by atoms with Gasteiger partial charge in [-0.3, -0.25) is 14.0 Å². The highest BCUT2D eigenvalue weighted by Crippen LogP contribution is 2.34. The molecule has 0 aliphatic heterocycles. The lowest BCUT2D eigenvalue weighted by Gasteiger charge is -2.17. The fourth-order valence-electron chi connectivity index (χ4n) is 3.87. The highest BCUT2D eigenvalue weighted by atomic mass is 35.5. The molecule has 0 saturated heterocycles. The number of benzene rings is 1. The van der Waals surface area contributed by atoms with Crippen LogP contribution in [0.2, 0.25) is 5.02 Å². The van der Waals surface area contributed by atoms with Gasteiger partial charge in [0.15, 0.2) is 5.82 Å². The Balaban J connectivity index is 1.50. The zero-order valence-electron chi connectivity index (χ0n) is 17.1. The molecule has 1 atom stereocenters. The Morgan fingerprint density at radius 3 is 2.81 bits per heavy atom. The van der Waals surface area contributed by atoms with Crippen molar-refractivity contribution in [1.82, 2.24) is 19.3 Å². The highest BCUT2D eigenvalue weighted by molar-refractivity contribution is 6.31. The highest BCUT2D eigenvalue weighted by Gasteiger charge is 2.31. The average Bonchev–Trinajstić information content (AvgIpc) is 3.56. The number of nitrogens with one attached hydrogen (secondary N) is 1. The fourth-order valence-corrected chi connectivity index (χ4v) is 4.07. The molecule has 0 radical (unpaired) electrons. The molecule has 9 heteroatoms. The van der Waals surface area contributed by atoms with Crippen LogP contribution in [-0.2, 0) is 6.54 Å². The fraction of sp³-hybridized carbons (Fsp3) is 0.261. The molecule has 5 rings (SSSR count). The van der Waals surface area contributed by atoms with Crippen molar-refractivity contribution in [1.29, 1.82) is 0 Å². The minimum absolute atomic E-state index is 0.0322. The predicted octanol–water partition coefficient (Wildman–Crippen LogP) is 3.61. The summed E-state index contributed by atoms with van der Waals surface area (Å²) in [7, 11) is 0. The first-order chi connectivity index (χ1) is 15.5. The van der Waals surface area contributed by atoms with Gasteiger partial charge in [0.25, 0.3) is 5.56 Å². The van der Waals surface area contributed by atoms with E-state index in [1.807, 2.05) is 18.2 Å². The minimum atomic E-state index is -0.618. The number of aromatic nitrogens is 4. The maximum absolute atomic E-state index is 14.6. The molecule has 32 heavy (non-hydrogen) atoms. The van der Waals surface area contributed by atoms with Gasteiger partial charge in [-0.25, -0.2) is 9.37 Å². The lowest BCUT2D eigenvalue weighted by Crippen LogP contribution is -2.27. The van der Waals surface area contributed by atoms with Crippen LogP contribution in [0, 0.1) is 11.7 Å². The van der Waals surface area contributed by atoms with E-state index in [-0.39, 0.29) is 23.9 Å². The molecule has 1 saturated carbocycles. The number of halogens is 2. The van der Waals surface area contributed by atoms with Crippen LogP contribution >= 0.6 is 11.6 Å². The van der Waals surface area contributed by atoms with Crippen molar-refractivity contribution in [3.63, 3.8) is 0 Å². The van der Waals surface area contributed by atoms with Crippen LogP contribution in [0.3, 0.4) is 0 Å². The van der Waals surface area contributed by atoms with Gasteiger partial charge in [0.2, 0.25) is 0 Å². The summed E-state index contributed by atoms with van der Waals surface area (Å²) in [4.78, 5) is 17.2. The van der Waals surface area contributed by atoms with Gasteiger partial charge in [0.1, 0.15) is 5.82 Å². The molecule has 0 unspecified atom stereocenters. The lowest BCUT2D eigenvalue weighted by molar-refractivity contribution is 0.263. The van der Waals surface area contributed by atoms with Crippen LogP contribution < -0.4 is 10.9 Å². The van der Waals surface area contributed by atoms with Crippen molar-refractivity contribution < 1.29 is 9.50 Å². The Morgan fingerprint density at radius 2 is 2.06 bits per heavy atom. The third kappa shape index (κ3) is 3.87. The SMILES string of the molecule is O=c1c2cnn(Cc3ccccc3Cl)c2ccn1-c1cc(N[C@H](CO)C2CC2)ncc1F. The van der Waals surface area contributed by atoms with Gasteiger partial charge in [-0.15, -0.1) is 0 Å². The monoisotopic (exact) mass is 453 g/mol. The van der Waals surface area contributed by atoms with Crippen LogP contribution in [0.1, 0.15) is 18.4 Å². The first-order valence-corrected chi connectivity index (χ1v) is 10.8. The molecule has 1 aliphatic rings. The molecule has 4 aromatic rings. The standard InChI is InChI=1S/C23H21ClFN5O2/c24-17-4-2-1-3-15(17)12-30-20-7-8-29(23(32)16(20)10-27-30)21-9-22(26-11-18(21)25)28-19(13-31)14-5-6-14/h1-4,7-11,14,19,31H,5-6,12-13H2,(H,26,28)/t19-/m1/s1. The lowest BCUT2D eigenvalue weighted by atomic mass is 10.2. The van der Waals surface area contributed by atoms with Crippen LogP contribution in [0.15, 0.2) is 59.8 Å².